The van der Waals surface area contributed by atoms with Gasteiger partial charge in [0, 0.05) is 0 Å². The molecule has 0 nitrogen and oxygen atoms in total. The molecule has 16 heavy (non-hydrogen) atoms. The average Bonchev–Trinajstić information content (AvgIpc) is 2.35. The van der Waals surface area contributed by atoms with Crippen molar-refractivity contribution in [3.8, 4) is 0 Å². The molecule has 3 rings (SSSR count). The lowest BCUT2D eigenvalue weighted by Gasteiger charge is -2.04. The summed E-state index contributed by atoms with van der Waals surface area (Å²) in [6.45, 7) is 3.93. The number of hydrogen-bond donors (Lipinski definition) is 0. The Morgan fingerprint density at radius 3 is 2.00 bits per heavy atom. The summed E-state index contributed by atoms with van der Waals surface area (Å²) in [7, 11) is 0. The first-order valence-electron chi connectivity index (χ1n) is 5.57. The molecule has 0 fully saturated rings. The van der Waals surface area contributed by atoms with Crippen LogP contribution in [0.5, 0.6) is 0 Å². The van der Waals surface area contributed by atoms with Gasteiger partial charge in [0.1, 0.15) is 0 Å². The molecule has 0 amide bonds. The van der Waals surface area contributed by atoms with E-state index in [1.165, 1.54) is 27.1 Å². The number of hydrogen-bond acceptors (Lipinski definition) is 0. The van der Waals surface area contributed by atoms with Crippen molar-refractivity contribution in [2.24, 2.45) is 0 Å². The van der Waals surface area contributed by atoms with Crippen molar-refractivity contribution in [1.82, 2.24) is 0 Å². The van der Waals surface area contributed by atoms with Crippen LogP contribution in [-0.4, -0.2) is 0 Å². The standard InChI is InChI=1S/C16H13/c1-2-12-7-8-15-10-13-5-3-4-6-14(13)11-16(15)9-12/h3-11H,1-2H2. The minimum atomic E-state index is 0.850. The lowest BCUT2D eigenvalue weighted by molar-refractivity contribution is 1.28. The minimum Gasteiger partial charge on any atom is -0.0616 e. The molecule has 0 aliphatic carbocycles. The van der Waals surface area contributed by atoms with E-state index < -0.39 is 0 Å². The molecule has 0 saturated heterocycles. The smallest absolute Gasteiger partial charge is 0.0175 e. The molecule has 0 atom stereocenters. The van der Waals surface area contributed by atoms with E-state index in [9.17, 15) is 0 Å². The summed E-state index contributed by atoms with van der Waals surface area (Å²) in [6.07, 6.45) is 0.850. The Morgan fingerprint density at radius 1 is 0.688 bits per heavy atom. The van der Waals surface area contributed by atoms with Crippen LogP contribution < -0.4 is 0 Å². The molecule has 0 aromatic heterocycles. The van der Waals surface area contributed by atoms with Crippen LogP contribution in [0.2, 0.25) is 0 Å². The van der Waals surface area contributed by atoms with Gasteiger partial charge in [-0.15, -0.1) is 0 Å². The van der Waals surface area contributed by atoms with Gasteiger partial charge in [0.25, 0.3) is 0 Å². The normalized spacial score (nSPS) is 11.1. The molecular weight excluding hydrogens is 192 g/mol. The highest BCUT2D eigenvalue weighted by Crippen LogP contribution is 2.23. The van der Waals surface area contributed by atoms with Gasteiger partial charge in [-0.3, -0.25) is 0 Å². The molecule has 3 aromatic rings. The SMILES string of the molecule is [CH2]Cc1ccc2cc3ccccc3cc2c1. The largest absolute Gasteiger partial charge is 0.0616 e. The molecule has 0 N–H and O–H groups in total. The Hall–Kier alpha value is -1.82. The molecule has 0 aliphatic rings. The summed E-state index contributed by atoms with van der Waals surface area (Å²) in [6, 6.07) is 19.6. The minimum absolute atomic E-state index is 0.850. The average molecular weight is 205 g/mol. The maximum absolute atomic E-state index is 3.93. The maximum atomic E-state index is 3.93. The second-order valence-corrected chi connectivity index (χ2v) is 4.13. The Labute approximate surface area is 95.5 Å². The van der Waals surface area contributed by atoms with E-state index in [2.05, 4.69) is 61.5 Å². The third-order valence-electron chi connectivity index (χ3n) is 3.06. The van der Waals surface area contributed by atoms with Crippen LogP contribution in [0.4, 0.5) is 0 Å². The first kappa shape index (κ1) is 9.41. The number of fused-ring (bicyclic) bond motifs is 2. The zero-order valence-corrected chi connectivity index (χ0v) is 9.11. The molecule has 0 bridgehead atoms. The summed E-state index contributed by atoms with van der Waals surface area (Å²) < 4.78 is 0. The van der Waals surface area contributed by atoms with E-state index in [1.54, 1.807) is 0 Å². The Morgan fingerprint density at radius 2 is 1.31 bits per heavy atom. The fraction of sp³-hybridized carbons (Fsp3) is 0.0625. The van der Waals surface area contributed by atoms with E-state index in [4.69, 9.17) is 0 Å². The molecule has 0 heteroatoms. The lowest BCUT2D eigenvalue weighted by Crippen LogP contribution is -1.81. The van der Waals surface area contributed by atoms with Gasteiger partial charge in [-0.25, -0.2) is 0 Å². The Bertz CT molecular complexity index is 650. The van der Waals surface area contributed by atoms with E-state index >= 15 is 0 Å². The molecular formula is C16H13. The van der Waals surface area contributed by atoms with Gasteiger partial charge in [-0.05, 0) is 52.6 Å². The predicted octanol–water partition coefficient (Wildman–Crippen LogP) is 4.37. The quantitative estimate of drug-likeness (QED) is 0.517. The highest BCUT2D eigenvalue weighted by Gasteiger charge is 1.98. The fourth-order valence-corrected chi connectivity index (χ4v) is 2.15. The molecule has 1 radical (unpaired) electrons. The van der Waals surface area contributed by atoms with Crippen molar-refractivity contribution in [2.75, 3.05) is 0 Å². The van der Waals surface area contributed by atoms with E-state index in [0.717, 1.165) is 6.42 Å². The molecule has 0 heterocycles. The van der Waals surface area contributed by atoms with Crippen molar-refractivity contribution >= 4 is 21.5 Å². The van der Waals surface area contributed by atoms with Gasteiger partial charge < -0.3 is 0 Å². The monoisotopic (exact) mass is 205 g/mol. The highest BCUT2D eigenvalue weighted by atomic mass is 14.0. The summed E-state index contributed by atoms with van der Waals surface area (Å²) in [4.78, 5) is 0. The van der Waals surface area contributed by atoms with E-state index in [-0.39, 0.29) is 0 Å². The third-order valence-corrected chi connectivity index (χ3v) is 3.06. The first-order valence-corrected chi connectivity index (χ1v) is 5.57. The van der Waals surface area contributed by atoms with Crippen LogP contribution in [0.15, 0.2) is 54.6 Å². The Balaban J connectivity index is 2.37. The topological polar surface area (TPSA) is 0 Å². The molecule has 0 saturated carbocycles. The van der Waals surface area contributed by atoms with Gasteiger partial charge in [0.05, 0.1) is 0 Å². The van der Waals surface area contributed by atoms with Crippen molar-refractivity contribution in [3.63, 3.8) is 0 Å². The number of benzene rings is 3. The summed E-state index contributed by atoms with van der Waals surface area (Å²) >= 11 is 0. The van der Waals surface area contributed by atoms with Crippen LogP contribution >= 0.6 is 0 Å². The fourth-order valence-electron chi connectivity index (χ4n) is 2.15. The van der Waals surface area contributed by atoms with E-state index in [1.807, 2.05) is 0 Å². The maximum Gasteiger partial charge on any atom is -0.0175 e. The van der Waals surface area contributed by atoms with Crippen LogP contribution in [0.3, 0.4) is 0 Å². The van der Waals surface area contributed by atoms with Crippen LogP contribution in [0.1, 0.15) is 5.56 Å². The van der Waals surface area contributed by atoms with Crippen molar-refractivity contribution < 1.29 is 0 Å². The van der Waals surface area contributed by atoms with Crippen molar-refractivity contribution in [1.29, 1.82) is 0 Å². The molecule has 0 unspecified atom stereocenters. The van der Waals surface area contributed by atoms with Crippen LogP contribution in [-0.2, 0) is 6.42 Å². The zero-order chi connectivity index (χ0) is 11.0. The lowest BCUT2D eigenvalue weighted by atomic mass is 10.0. The van der Waals surface area contributed by atoms with Crippen molar-refractivity contribution in [2.45, 2.75) is 6.42 Å². The van der Waals surface area contributed by atoms with E-state index in [0.29, 0.717) is 0 Å². The van der Waals surface area contributed by atoms with Gasteiger partial charge in [-0.2, -0.15) is 0 Å². The number of rotatable bonds is 1. The molecule has 77 valence electrons. The Kier molecular flexibility index (Phi) is 2.14. The predicted molar refractivity (Wildman–Crippen MR) is 70.5 cm³/mol. The summed E-state index contributed by atoms with van der Waals surface area (Å²) in [5.74, 6) is 0. The van der Waals surface area contributed by atoms with Gasteiger partial charge in [-0.1, -0.05) is 42.5 Å². The second-order valence-electron chi connectivity index (χ2n) is 4.13. The van der Waals surface area contributed by atoms with Crippen LogP contribution in [0.25, 0.3) is 21.5 Å². The molecule has 0 aliphatic heterocycles. The summed E-state index contributed by atoms with van der Waals surface area (Å²) in [5.41, 5.74) is 1.29. The van der Waals surface area contributed by atoms with Crippen molar-refractivity contribution in [3.05, 3.63) is 67.1 Å². The highest BCUT2D eigenvalue weighted by molar-refractivity contribution is 5.98. The molecule has 3 aromatic carbocycles. The van der Waals surface area contributed by atoms with Crippen LogP contribution in [0, 0.1) is 6.92 Å². The second kappa shape index (κ2) is 3.64. The van der Waals surface area contributed by atoms with Gasteiger partial charge in [0.2, 0.25) is 0 Å². The van der Waals surface area contributed by atoms with Gasteiger partial charge >= 0.3 is 0 Å². The third kappa shape index (κ3) is 1.47. The molecule has 0 spiro atoms. The summed E-state index contributed by atoms with van der Waals surface area (Å²) in [5, 5.41) is 5.21. The zero-order valence-electron chi connectivity index (χ0n) is 9.11. The van der Waals surface area contributed by atoms with Gasteiger partial charge in [0.15, 0.2) is 0 Å². The first-order chi connectivity index (χ1) is 7.86.